The second kappa shape index (κ2) is 6.63. The summed E-state index contributed by atoms with van der Waals surface area (Å²) in [7, 11) is -3.80. The molecule has 2 aromatic carbocycles. The minimum Gasteiger partial charge on any atom is -0.469 e. The van der Waals surface area contributed by atoms with Crippen LogP contribution in [0.2, 0.25) is 0 Å². The predicted octanol–water partition coefficient (Wildman–Crippen LogP) is 3.84. The van der Waals surface area contributed by atoms with E-state index in [9.17, 15) is 13.5 Å². The van der Waals surface area contributed by atoms with Crippen LogP contribution in [0.4, 0.5) is 0 Å². The standard InChI is InChI=1S/C19H18O4S/c1-14-12-16(13-23-14)19(18(20)15-8-4-2-5-9-15)24(21,22)17-10-6-3-7-11-17/h2-13,18-20H,1H3. The van der Waals surface area contributed by atoms with Crippen molar-refractivity contribution in [3.8, 4) is 0 Å². The molecule has 1 N–H and O–H groups in total. The second-order valence-corrected chi connectivity index (χ2v) is 7.69. The van der Waals surface area contributed by atoms with E-state index in [1.165, 1.54) is 18.4 Å². The lowest BCUT2D eigenvalue weighted by molar-refractivity contribution is 0.171. The first kappa shape index (κ1) is 16.5. The molecule has 3 aromatic rings. The quantitative estimate of drug-likeness (QED) is 0.765. The van der Waals surface area contributed by atoms with Gasteiger partial charge in [-0.1, -0.05) is 48.5 Å². The Morgan fingerprint density at radius 2 is 1.50 bits per heavy atom. The van der Waals surface area contributed by atoms with Gasteiger partial charge in [-0.25, -0.2) is 8.42 Å². The van der Waals surface area contributed by atoms with E-state index in [2.05, 4.69) is 0 Å². The van der Waals surface area contributed by atoms with Gasteiger partial charge < -0.3 is 9.52 Å². The topological polar surface area (TPSA) is 67.5 Å². The van der Waals surface area contributed by atoms with Crippen molar-refractivity contribution in [2.45, 2.75) is 23.2 Å². The first-order valence-corrected chi connectivity index (χ1v) is 9.12. The summed E-state index contributed by atoms with van der Waals surface area (Å²) in [5.74, 6) is 0.596. The molecule has 24 heavy (non-hydrogen) atoms. The minimum absolute atomic E-state index is 0.170. The number of aryl methyl sites for hydroxylation is 1. The molecule has 124 valence electrons. The van der Waals surface area contributed by atoms with Crippen LogP contribution in [0, 0.1) is 6.92 Å². The molecule has 0 fully saturated rings. The van der Waals surface area contributed by atoms with Crippen molar-refractivity contribution < 1.29 is 17.9 Å². The van der Waals surface area contributed by atoms with Crippen molar-refractivity contribution in [1.29, 1.82) is 0 Å². The fourth-order valence-corrected chi connectivity index (χ4v) is 4.53. The summed E-state index contributed by atoms with van der Waals surface area (Å²) in [6.07, 6.45) is 0.195. The lowest BCUT2D eigenvalue weighted by Gasteiger charge is -2.22. The molecule has 0 aliphatic heterocycles. The molecule has 0 bridgehead atoms. The Kier molecular flexibility index (Phi) is 4.55. The molecule has 0 spiro atoms. The highest BCUT2D eigenvalue weighted by molar-refractivity contribution is 7.91. The highest BCUT2D eigenvalue weighted by Crippen LogP contribution is 2.39. The molecule has 1 heterocycles. The fraction of sp³-hybridized carbons (Fsp3) is 0.158. The van der Waals surface area contributed by atoms with Crippen LogP contribution >= 0.6 is 0 Å². The van der Waals surface area contributed by atoms with E-state index < -0.39 is 21.2 Å². The maximum atomic E-state index is 13.2. The molecule has 0 saturated heterocycles. The summed E-state index contributed by atoms with van der Waals surface area (Å²) in [6.45, 7) is 1.74. The molecule has 4 nitrogen and oxygen atoms in total. The van der Waals surface area contributed by atoms with Gasteiger partial charge in [0.15, 0.2) is 9.84 Å². The van der Waals surface area contributed by atoms with Crippen molar-refractivity contribution in [3.63, 3.8) is 0 Å². The number of rotatable bonds is 5. The van der Waals surface area contributed by atoms with Crippen molar-refractivity contribution in [3.05, 3.63) is 89.9 Å². The van der Waals surface area contributed by atoms with Crippen LogP contribution in [0.5, 0.6) is 0 Å². The third-order valence-electron chi connectivity index (χ3n) is 3.91. The van der Waals surface area contributed by atoms with E-state index >= 15 is 0 Å². The van der Waals surface area contributed by atoms with Gasteiger partial charge in [0.25, 0.3) is 0 Å². The third kappa shape index (κ3) is 3.13. The zero-order valence-electron chi connectivity index (χ0n) is 13.2. The van der Waals surface area contributed by atoms with Crippen LogP contribution in [0.3, 0.4) is 0 Å². The molecule has 1 aromatic heterocycles. The predicted molar refractivity (Wildman–Crippen MR) is 91.2 cm³/mol. The van der Waals surface area contributed by atoms with Gasteiger partial charge in [-0.3, -0.25) is 0 Å². The minimum atomic E-state index is -3.80. The number of furan rings is 1. The van der Waals surface area contributed by atoms with Gasteiger partial charge in [0, 0.05) is 5.56 Å². The van der Waals surface area contributed by atoms with Crippen molar-refractivity contribution >= 4 is 9.84 Å². The molecule has 2 unspecified atom stereocenters. The maximum Gasteiger partial charge on any atom is 0.188 e. The highest BCUT2D eigenvalue weighted by atomic mass is 32.2. The van der Waals surface area contributed by atoms with Crippen molar-refractivity contribution in [2.75, 3.05) is 0 Å². The number of aliphatic hydroxyl groups excluding tert-OH is 1. The average Bonchev–Trinajstić information content (AvgIpc) is 3.02. The molecule has 5 heteroatoms. The normalized spacial score (nSPS) is 14.2. The number of aliphatic hydroxyl groups is 1. The Hall–Kier alpha value is -2.37. The summed E-state index contributed by atoms with van der Waals surface area (Å²) in [6, 6.07) is 18.6. The largest absolute Gasteiger partial charge is 0.469 e. The van der Waals surface area contributed by atoms with Gasteiger partial charge >= 0.3 is 0 Å². The molecule has 0 radical (unpaired) electrons. The Bertz CT molecular complexity index is 899. The Balaban J connectivity index is 2.13. The van der Waals surface area contributed by atoms with E-state index in [1.54, 1.807) is 55.5 Å². The van der Waals surface area contributed by atoms with Gasteiger partial charge in [-0.15, -0.1) is 0 Å². The van der Waals surface area contributed by atoms with Crippen molar-refractivity contribution in [1.82, 2.24) is 0 Å². The maximum absolute atomic E-state index is 13.2. The summed E-state index contributed by atoms with van der Waals surface area (Å²) >= 11 is 0. The molecular formula is C19H18O4S. The SMILES string of the molecule is Cc1cc(C(C(O)c2ccccc2)S(=O)(=O)c2ccccc2)co1. The third-order valence-corrected chi connectivity index (χ3v) is 6.04. The van der Waals surface area contributed by atoms with Gasteiger partial charge in [0.1, 0.15) is 17.1 Å². The zero-order valence-corrected chi connectivity index (χ0v) is 14.0. The van der Waals surface area contributed by atoms with Crippen LogP contribution in [0.1, 0.15) is 28.2 Å². The first-order valence-electron chi connectivity index (χ1n) is 7.57. The van der Waals surface area contributed by atoms with Crippen LogP contribution in [-0.4, -0.2) is 13.5 Å². The molecule has 0 amide bonds. The van der Waals surface area contributed by atoms with E-state index in [1.807, 2.05) is 6.07 Å². The molecule has 0 aliphatic rings. The van der Waals surface area contributed by atoms with Crippen LogP contribution < -0.4 is 0 Å². The monoisotopic (exact) mass is 342 g/mol. The number of hydrogen-bond acceptors (Lipinski definition) is 4. The van der Waals surface area contributed by atoms with Crippen LogP contribution in [-0.2, 0) is 9.84 Å². The summed E-state index contributed by atoms with van der Waals surface area (Å²) < 4.78 is 31.6. The highest BCUT2D eigenvalue weighted by Gasteiger charge is 2.37. The molecule has 3 rings (SSSR count). The summed E-state index contributed by atoms with van der Waals surface area (Å²) in [5, 5.41) is 9.68. The Labute approximate surface area is 141 Å². The smallest absolute Gasteiger partial charge is 0.188 e. The average molecular weight is 342 g/mol. The van der Waals surface area contributed by atoms with E-state index in [0.717, 1.165) is 0 Å². The second-order valence-electron chi connectivity index (χ2n) is 5.62. The molecule has 2 atom stereocenters. The summed E-state index contributed by atoms with van der Waals surface area (Å²) in [5.41, 5.74) is 0.980. The van der Waals surface area contributed by atoms with Gasteiger partial charge in [-0.05, 0) is 30.7 Å². The molecule has 0 saturated carbocycles. The number of hydrogen-bond donors (Lipinski definition) is 1. The van der Waals surface area contributed by atoms with Gasteiger partial charge in [0.05, 0.1) is 11.2 Å². The number of benzene rings is 2. The number of sulfone groups is 1. The fourth-order valence-electron chi connectivity index (χ4n) is 2.73. The molecular weight excluding hydrogens is 324 g/mol. The lowest BCUT2D eigenvalue weighted by Crippen LogP contribution is -2.21. The van der Waals surface area contributed by atoms with Crippen molar-refractivity contribution in [2.24, 2.45) is 0 Å². The van der Waals surface area contributed by atoms with Gasteiger partial charge in [0.2, 0.25) is 0 Å². The molecule has 0 aliphatic carbocycles. The van der Waals surface area contributed by atoms with Crippen LogP contribution in [0.15, 0.2) is 82.3 Å². The zero-order chi connectivity index (χ0) is 17.2. The first-order chi connectivity index (χ1) is 11.5. The van der Waals surface area contributed by atoms with Crippen LogP contribution in [0.25, 0.3) is 0 Å². The van der Waals surface area contributed by atoms with E-state index in [0.29, 0.717) is 16.9 Å². The lowest BCUT2D eigenvalue weighted by atomic mass is 10.0. The Morgan fingerprint density at radius 1 is 0.917 bits per heavy atom. The summed E-state index contributed by atoms with van der Waals surface area (Å²) in [4.78, 5) is 0.170. The van der Waals surface area contributed by atoms with E-state index in [4.69, 9.17) is 4.42 Å². The Morgan fingerprint density at radius 3 is 2.04 bits per heavy atom. The van der Waals surface area contributed by atoms with E-state index in [-0.39, 0.29) is 4.90 Å². The van der Waals surface area contributed by atoms with Gasteiger partial charge in [-0.2, -0.15) is 0 Å².